The topological polar surface area (TPSA) is 122 Å². The molecule has 1 heterocycles. The molecule has 2 N–H and O–H groups in total. The number of benzene rings is 1. The summed E-state index contributed by atoms with van der Waals surface area (Å²) in [7, 11) is 0. The molecule has 0 atom stereocenters. The van der Waals surface area contributed by atoms with Crippen LogP contribution in [-0.4, -0.2) is 21.4 Å². The highest BCUT2D eigenvalue weighted by molar-refractivity contribution is 5.68. The summed E-state index contributed by atoms with van der Waals surface area (Å²) in [6.07, 6.45) is 1.26. The molecule has 1 aromatic heterocycles. The van der Waals surface area contributed by atoms with Crippen molar-refractivity contribution < 1.29 is 4.92 Å². The lowest BCUT2D eigenvalue weighted by atomic mass is 10.2. The van der Waals surface area contributed by atoms with Gasteiger partial charge in [-0.3, -0.25) is 10.1 Å². The molecule has 0 aliphatic carbocycles. The molecule has 0 aliphatic heterocycles. The largest absolute Gasteiger partial charge is 0.368 e. The number of nitro groups is 1. The number of anilines is 3. The van der Waals surface area contributed by atoms with Gasteiger partial charge in [0.05, 0.1) is 17.4 Å². The molecular weight excluding hydrogens is 272 g/mol. The van der Waals surface area contributed by atoms with Gasteiger partial charge in [0.25, 0.3) is 0 Å². The van der Waals surface area contributed by atoms with Crippen molar-refractivity contribution in [3.63, 3.8) is 0 Å². The Bertz CT molecular complexity index is 683. The van der Waals surface area contributed by atoms with Gasteiger partial charge in [-0.1, -0.05) is 18.2 Å². The van der Waals surface area contributed by atoms with Crippen molar-refractivity contribution in [1.29, 1.82) is 5.26 Å². The number of nitrogens with two attached hydrogens (primary N) is 1. The average Bonchev–Trinajstić information content (AvgIpc) is 2.48. The fraction of sp³-hybridized carbons (Fsp3) is 0.154. The van der Waals surface area contributed by atoms with E-state index in [1.54, 1.807) is 29.2 Å². The Morgan fingerprint density at radius 1 is 1.38 bits per heavy atom. The number of nitrogen functional groups attached to an aromatic ring is 1. The van der Waals surface area contributed by atoms with Gasteiger partial charge >= 0.3 is 5.69 Å². The monoisotopic (exact) mass is 284 g/mol. The van der Waals surface area contributed by atoms with Crippen LogP contribution in [0, 0.1) is 21.4 Å². The van der Waals surface area contributed by atoms with Gasteiger partial charge in [-0.25, -0.2) is 4.98 Å². The van der Waals surface area contributed by atoms with Crippen molar-refractivity contribution in [3.05, 3.63) is 46.6 Å². The van der Waals surface area contributed by atoms with E-state index in [2.05, 4.69) is 9.97 Å². The average molecular weight is 284 g/mol. The Labute approximate surface area is 120 Å². The van der Waals surface area contributed by atoms with Crippen molar-refractivity contribution in [2.24, 2.45) is 0 Å². The highest BCUT2D eigenvalue weighted by Crippen LogP contribution is 2.31. The van der Waals surface area contributed by atoms with Gasteiger partial charge in [-0.2, -0.15) is 10.2 Å². The van der Waals surface area contributed by atoms with Gasteiger partial charge < -0.3 is 10.6 Å². The minimum atomic E-state index is -0.572. The zero-order valence-electron chi connectivity index (χ0n) is 11.0. The molecule has 0 saturated heterocycles. The first-order chi connectivity index (χ1) is 10.1. The SMILES string of the molecule is N#CCCN(c1ccccc1)c1nc(N)ncc1[N+](=O)[O-]. The lowest BCUT2D eigenvalue weighted by Gasteiger charge is -2.22. The maximum absolute atomic E-state index is 11.1. The maximum Gasteiger partial charge on any atom is 0.330 e. The van der Waals surface area contributed by atoms with Crippen LogP contribution in [0.2, 0.25) is 0 Å². The zero-order chi connectivity index (χ0) is 15.2. The molecule has 21 heavy (non-hydrogen) atoms. The summed E-state index contributed by atoms with van der Waals surface area (Å²) in [6.45, 7) is 0.262. The van der Waals surface area contributed by atoms with E-state index in [4.69, 9.17) is 11.0 Å². The van der Waals surface area contributed by atoms with E-state index < -0.39 is 4.92 Å². The second kappa shape index (κ2) is 6.29. The molecule has 0 fully saturated rings. The van der Waals surface area contributed by atoms with Crippen molar-refractivity contribution in [2.75, 3.05) is 17.2 Å². The molecule has 0 radical (unpaired) electrons. The fourth-order valence-electron chi connectivity index (χ4n) is 1.83. The van der Waals surface area contributed by atoms with Gasteiger partial charge in [-0.15, -0.1) is 0 Å². The van der Waals surface area contributed by atoms with Crippen molar-refractivity contribution in [1.82, 2.24) is 9.97 Å². The lowest BCUT2D eigenvalue weighted by molar-refractivity contribution is -0.384. The second-order valence-corrected chi connectivity index (χ2v) is 4.09. The number of nitrogens with zero attached hydrogens (tertiary/aromatic N) is 5. The molecule has 0 aliphatic rings. The molecule has 2 aromatic rings. The van der Waals surface area contributed by atoms with Crippen LogP contribution >= 0.6 is 0 Å². The Hall–Kier alpha value is -3.21. The van der Waals surface area contributed by atoms with Crippen LogP contribution in [0.25, 0.3) is 0 Å². The minimum Gasteiger partial charge on any atom is -0.368 e. The number of rotatable bonds is 5. The van der Waals surface area contributed by atoms with E-state index in [0.29, 0.717) is 5.69 Å². The quantitative estimate of drug-likeness (QED) is 0.658. The molecule has 0 spiro atoms. The maximum atomic E-state index is 11.1. The molecule has 0 amide bonds. The first-order valence-electron chi connectivity index (χ1n) is 6.10. The number of hydrogen-bond donors (Lipinski definition) is 1. The molecule has 106 valence electrons. The first kappa shape index (κ1) is 14.2. The summed E-state index contributed by atoms with van der Waals surface area (Å²) < 4.78 is 0. The van der Waals surface area contributed by atoms with Crippen LogP contribution in [0.5, 0.6) is 0 Å². The van der Waals surface area contributed by atoms with Crippen LogP contribution < -0.4 is 10.6 Å². The van der Waals surface area contributed by atoms with E-state index in [1.807, 2.05) is 12.1 Å². The Morgan fingerprint density at radius 2 is 2.10 bits per heavy atom. The Kier molecular flexibility index (Phi) is 4.26. The highest BCUT2D eigenvalue weighted by Gasteiger charge is 2.23. The highest BCUT2D eigenvalue weighted by atomic mass is 16.6. The van der Waals surface area contributed by atoms with Gasteiger partial charge in [0.2, 0.25) is 11.8 Å². The third-order valence-electron chi connectivity index (χ3n) is 2.74. The zero-order valence-corrected chi connectivity index (χ0v) is 11.0. The van der Waals surface area contributed by atoms with Crippen LogP contribution in [0.3, 0.4) is 0 Å². The summed E-state index contributed by atoms with van der Waals surface area (Å²) in [4.78, 5) is 19.8. The molecule has 1 aromatic carbocycles. The van der Waals surface area contributed by atoms with Crippen molar-refractivity contribution in [2.45, 2.75) is 6.42 Å². The van der Waals surface area contributed by atoms with E-state index in [-0.39, 0.29) is 30.4 Å². The summed E-state index contributed by atoms with van der Waals surface area (Å²) in [6, 6.07) is 11.0. The minimum absolute atomic E-state index is 0.0616. The normalized spacial score (nSPS) is 9.86. The predicted molar refractivity (Wildman–Crippen MR) is 76.8 cm³/mol. The third kappa shape index (κ3) is 3.22. The Balaban J connectivity index is 2.53. The summed E-state index contributed by atoms with van der Waals surface area (Å²) in [5, 5.41) is 19.9. The van der Waals surface area contributed by atoms with Crippen molar-refractivity contribution >= 4 is 23.1 Å². The third-order valence-corrected chi connectivity index (χ3v) is 2.74. The van der Waals surface area contributed by atoms with Gasteiger partial charge in [0.1, 0.15) is 6.20 Å². The van der Waals surface area contributed by atoms with E-state index >= 15 is 0 Å². The number of para-hydroxylation sites is 1. The fourth-order valence-corrected chi connectivity index (χ4v) is 1.83. The van der Waals surface area contributed by atoms with Gasteiger partial charge in [0, 0.05) is 12.2 Å². The molecule has 0 saturated carbocycles. The molecule has 0 unspecified atom stereocenters. The van der Waals surface area contributed by atoms with Crippen LogP contribution in [0.15, 0.2) is 36.5 Å². The predicted octanol–water partition coefficient (Wildman–Crippen LogP) is 2.02. The van der Waals surface area contributed by atoms with Crippen molar-refractivity contribution in [3.8, 4) is 6.07 Å². The summed E-state index contributed by atoms with van der Waals surface area (Å²) in [5.74, 6) is 0.0161. The van der Waals surface area contributed by atoms with Crippen LogP contribution in [-0.2, 0) is 0 Å². The van der Waals surface area contributed by atoms with E-state index in [1.165, 1.54) is 0 Å². The van der Waals surface area contributed by atoms with Crippen LogP contribution in [0.4, 0.5) is 23.1 Å². The molecule has 0 bridgehead atoms. The molecule has 8 nitrogen and oxygen atoms in total. The molecule has 2 rings (SSSR count). The first-order valence-corrected chi connectivity index (χ1v) is 6.10. The van der Waals surface area contributed by atoms with Gasteiger partial charge in [0.15, 0.2) is 0 Å². The van der Waals surface area contributed by atoms with Gasteiger partial charge in [-0.05, 0) is 12.1 Å². The summed E-state index contributed by atoms with van der Waals surface area (Å²) in [5.41, 5.74) is 5.97. The molecular formula is C13H12N6O2. The molecule has 8 heteroatoms. The van der Waals surface area contributed by atoms with E-state index in [9.17, 15) is 10.1 Å². The number of hydrogen-bond acceptors (Lipinski definition) is 7. The number of aromatic nitrogens is 2. The standard InChI is InChI=1S/C13H12N6O2/c14-7-4-8-18(10-5-2-1-3-6-10)12-11(19(20)21)9-16-13(15)17-12/h1-3,5-6,9H,4,8H2,(H2,15,16,17). The Morgan fingerprint density at radius 3 is 2.71 bits per heavy atom. The lowest BCUT2D eigenvalue weighted by Crippen LogP contribution is -2.21. The van der Waals surface area contributed by atoms with Crippen LogP contribution in [0.1, 0.15) is 6.42 Å². The second-order valence-electron chi connectivity index (χ2n) is 4.09. The number of nitriles is 1. The smallest absolute Gasteiger partial charge is 0.330 e. The van der Waals surface area contributed by atoms with E-state index in [0.717, 1.165) is 6.20 Å². The summed E-state index contributed by atoms with van der Waals surface area (Å²) >= 11 is 0.